The molecule has 0 aliphatic rings. The van der Waals surface area contributed by atoms with Crippen LogP contribution in [-0.2, 0) is 0 Å². The van der Waals surface area contributed by atoms with E-state index in [-0.39, 0.29) is 5.92 Å². The van der Waals surface area contributed by atoms with Crippen LogP contribution < -0.4 is 0 Å². The van der Waals surface area contributed by atoms with Gasteiger partial charge >= 0.3 is 5.97 Å². The van der Waals surface area contributed by atoms with Crippen LogP contribution in [0.4, 0.5) is 0 Å². The molecule has 1 rings (SSSR count). The lowest BCUT2D eigenvalue weighted by atomic mass is 10.0. The molecule has 70 valence electrons. The van der Waals surface area contributed by atoms with Gasteiger partial charge in [0.05, 0.1) is 11.3 Å². The van der Waals surface area contributed by atoms with E-state index in [1.54, 1.807) is 12.1 Å². The van der Waals surface area contributed by atoms with Crippen LogP contribution in [0.2, 0.25) is 0 Å². The number of pyridine rings is 1. The van der Waals surface area contributed by atoms with Gasteiger partial charge in [0, 0.05) is 5.69 Å². The number of carboxylic acids is 1. The van der Waals surface area contributed by atoms with Crippen molar-refractivity contribution in [3.63, 3.8) is 0 Å². The standard InChI is InChI=1S/C10H13NO2/c1-6(2)9-8(10(12)13)5-4-7(3)11-9/h4-6H,1-3H3,(H,12,13). The molecule has 0 atom stereocenters. The molecule has 0 radical (unpaired) electrons. The van der Waals surface area contributed by atoms with E-state index >= 15 is 0 Å². The molecule has 1 heterocycles. The van der Waals surface area contributed by atoms with Crippen LogP contribution in [0.15, 0.2) is 12.1 Å². The molecule has 1 N–H and O–H groups in total. The highest BCUT2D eigenvalue weighted by atomic mass is 16.4. The van der Waals surface area contributed by atoms with Crippen LogP contribution in [-0.4, -0.2) is 16.1 Å². The van der Waals surface area contributed by atoms with E-state index in [2.05, 4.69) is 4.98 Å². The molecule has 13 heavy (non-hydrogen) atoms. The van der Waals surface area contributed by atoms with Crippen LogP contribution in [0.1, 0.15) is 41.5 Å². The number of rotatable bonds is 2. The highest BCUT2D eigenvalue weighted by molar-refractivity contribution is 5.89. The summed E-state index contributed by atoms with van der Waals surface area (Å²) in [6.07, 6.45) is 0. The fourth-order valence-corrected chi connectivity index (χ4v) is 1.20. The molecular formula is C10H13NO2. The summed E-state index contributed by atoms with van der Waals surface area (Å²) in [5, 5.41) is 8.87. The number of aryl methyl sites for hydroxylation is 1. The summed E-state index contributed by atoms with van der Waals surface area (Å²) in [6.45, 7) is 5.74. The van der Waals surface area contributed by atoms with Crippen molar-refractivity contribution in [2.24, 2.45) is 0 Å². The lowest BCUT2D eigenvalue weighted by Gasteiger charge is -2.08. The minimum absolute atomic E-state index is 0.144. The summed E-state index contributed by atoms with van der Waals surface area (Å²) in [6, 6.07) is 3.33. The third-order valence-corrected chi connectivity index (χ3v) is 1.84. The van der Waals surface area contributed by atoms with E-state index in [1.807, 2.05) is 20.8 Å². The van der Waals surface area contributed by atoms with E-state index in [4.69, 9.17) is 5.11 Å². The largest absolute Gasteiger partial charge is 0.478 e. The normalized spacial score (nSPS) is 10.5. The average molecular weight is 179 g/mol. The van der Waals surface area contributed by atoms with Gasteiger partial charge in [0.1, 0.15) is 0 Å². The minimum atomic E-state index is -0.906. The SMILES string of the molecule is Cc1ccc(C(=O)O)c(C(C)C)n1. The molecule has 1 aromatic rings. The summed E-state index contributed by atoms with van der Waals surface area (Å²) >= 11 is 0. The Labute approximate surface area is 77.4 Å². The molecule has 3 heteroatoms. The maximum Gasteiger partial charge on any atom is 0.337 e. The van der Waals surface area contributed by atoms with Crippen molar-refractivity contribution >= 4 is 5.97 Å². The zero-order valence-electron chi connectivity index (χ0n) is 8.03. The van der Waals surface area contributed by atoms with Crippen LogP contribution >= 0.6 is 0 Å². The second-order valence-corrected chi connectivity index (χ2v) is 3.35. The summed E-state index contributed by atoms with van der Waals surface area (Å²) in [5.41, 5.74) is 1.82. The zero-order valence-corrected chi connectivity index (χ0v) is 8.03. The van der Waals surface area contributed by atoms with E-state index in [1.165, 1.54) is 0 Å². The van der Waals surface area contributed by atoms with Gasteiger partial charge in [-0.3, -0.25) is 4.98 Å². The maximum atomic E-state index is 10.8. The Hall–Kier alpha value is -1.38. The predicted octanol–water partition coefficient (Wildman–Crippen LogP) is 2.21. The Morgan fingerprint density at radius 1 is 1.46 bits per heavy atom. The number of aromatic carboxylic acids is 1. The molecule has 0 aliphatic carbocycles. The minimum Gasteiger partial charge on any atom is -0.478 e. The van der Waals surface area contributed by atoms with Gasteiger partial charge < -0.3 is 5.11 Å². The van der Waals surface area contributed by atoms with Crippen molar-refractivity contribution in [2.45, 2.75) is 26.7 Å². The van der Waals surface area contributed by atoms with Gasteiger partial charge in [0.2, 0.25) is 0 Å². The van der Waals surface area contributed by atoms with Crippen LogP contribution in [0, 0.1) is 6.92 Å². The summed E-state index contributed by atoms with van der Waals surface area (Å²) < 4.78 is 0. The third kappa shape index (κ3) is 2.05. The van der Waals surface area contributed by atoms with Crippen molar-refractivity contribution in [3.05, 3.63) is 29.1 Å². The van der Waals surface area contributed by atoms with Gasteiger partial charge in [-0.2, -0.15) is 0 Å². The molecule has 0 aromatic carbocycles. The molecular weight excluding hydrogens is 166 g/mol. The number of carboxylic acid groups (broad SMARTS) is 1. The third-order valence-electron chi connectivity index (χ3n) is 1.84. The molecule has 0 spiro atoms. The number of hydrogen-bond donors (Lipinski definition) is 1. The Kier molecular flexibility index (Phi) is 2.66. The summed E-state index contributed by atoms with van der Waals surface area (Å²) in [4.78, 5) is 15.0. The topological polar surface area (TPSA) is 50.2 Å². The second-order valence-electron chi connectivity index (χ2n) is 3.35. The van der Waals surface area contributed by atoms with Gasteiger partial charge in [0.25, 0.3) is 0 Å². The molecule has 0 aliphatic heterocycles. The van der Waals surface area contributed by atoms with E-state index < -0.39 is 5.97 Å². The van der Waals surface area contributed by atoms with Gasteiger partial charge in [-0.25, -0.2) is 4.79 Å². The summed E-state index contributed by atoms with van der Waals surface area (Å²) in [5.74, 6) is -0.762. The maximum absolute atomic E-state index is 10.8. The van der Waals surface area contributed by atoms with Crippen molar-refractivity contribution in [1.29, 1.82) is 0 Å². The molecule has 0 fully saturated rings. The van der Waals surface area contributed by atoms with Gasteiger partial charge in [-0.15, -0.1) is 0 Å². The molecule has 3 nitrogen and oxygen atoms in total. The molecule has 0 saturated heterocycles. The predicted molar refractivity (Wildman–Crippen MR) is 50.0 cm³/mol. The lowest BCUT2D eigenvalue weighted by molar-refractivity contribution is 0.0694. The van der Waals surface area contributed by atoms with Crippen LogP contribution in [0.25, 0.3) is 0 Å². The van der Waals surface area contributed by atoms with E-state index in [9.17, 15) is 4.79 Å². The van der Waals surface area contributed by atoms with Crippen molar-refractivity contribution in [3.8, 4) is 0 Å². The highest BCUT2D eigenvalue weighted by Crippen LogP contribution is 2.17. The van der Waals surface area contributed by atoms with Crippen LogP contribution in [0.5, 0.6) is 0 Å². The Bertz CT molecular complexity index is 332. The smallest absolute Gasteiger partial charge is 0.337 e. The van der Waals surface area contributed by atoms with E-state index in [0.717, 1.165) is 5.69 Å². The average Bonchev–Trinajstić information content (AvgIpc) is 2.03. The first kappa shape index (κ1) is 9.71. The fourth-order valence-electron chi connectivity index (χ4n) is 1.20. The first-order valence-corrected chi connectivity index (χ1v) is 4.23. The molecule has 1 aromatic heterocycles. The quantitative estimate of drug-likeness (QED) is 0.757. The summed E-state index contributed by atoms with van der Waals surface area (Å²) in [7, 11) is 0. The van der Waals surface area contributed by atoms with Gasteiger partial charge in [-0.1, -0.05) is 13.8 Å². The molecule has 0 bridgehead atoms. The Morgan fingerprint density at radius 2 is 2.08 bits per heavy atom. The highest BCUT2D eigenvalue weighted by Gasteiger charge is 2.13. The number of carbonyl (C=O) groups is 1. The number of nitrogens with zero attached hydrogens (tertiary/aromatic N) is 1. The Balaban J connectivity index is 3.26. The molecule has 0 unspecified atom stereocenters. The molecule has 0 saturated carbocycles. The zero-order chi connectivity index (χ0) is 10.0. The fraction of sp³-hybridized carbons (Fsp3) is 0.400. The first-order chi connectivity index (χ1) is 6.02. The van der Waals surface area contributed by atoms with E-state index in [0.29, 0.717) is 11.3 Å². The molecule has 0 amide bonds. The van der Waals surface area contributed by atoms with Crippen molar-refractivity contribution in [1.82, 2.24) is 4.98 Å². The monoisotopic (exact) mass is 179 g/mol. The van der Waals surface area contributed by atoms with Crippen molar-refractivity contribution in [2.75, 3.05) is 0 Å². The van der Waals surface area contributed by atoms with Crippen molar-refractivity contribution < 1.29 is 9.90 Å². The lowest BCUT2D eigenvalue weighted by Crippen LogP contribution is -2.07. The van der Waals surface area contributed by atoms with Gasteiger partial charge in [-0.05, 0) is 25.0 Å². The van der Waals surface area contributed by atoms with Crippen LogP contribution in [0.3, 0.4) is 0 Å². The number of aromatic nitrogens is 1. The van der Waals surface area contributed by atoms with Gasteiger partial charge in [0.15, 0.2) is 0 Å². The Morgan fingerprint density at radius 3 is 2.54 bits per heavy atom. The number of hydrogen-bond acceptors (Lipinski definition) is 2. The second kappa shape index (κ2) is 3.56. The first-order valence-electron chi connectivity index (χ1n) is 4.23.